The molecule has 1 saturated heterocycles. The lowest BCUT2D eigenvalue weighted by atomic mass is 10.0. The molecule has 4 N–H and O–H groups in total. The fourth-order valence-corrected chi connectivity index (χ4v) is 5.17. The molecule has 2 heterocycles. The van der Waals surface area contributed by atoms with Crippen molar-refractivity contribution >= 4 is 45.0 Å². The molecule has 190 valence electrons. The summed E-state index contributed by atoms with van der Waals surface area (Å²) >= 11 is 3.54. The van der Waals surface area contributed by atoms with Crippen LogP contribution in [0.5, 0.6) is 0 Å². The second kappa shape index (κ2) is 12.0. The minimum Gasteiger partial charge on any atom is -0.381 e. The number of benzene rings is 1. The van der Waals surface area contributed by atoms with E-state index in [1.54, 1.807) is 6.20 Å². The molecule has 2 aromatic rings. The van der Waals surface area contributed by atoms with Crippen LogP contribution >= 0.6 is 15.9 Å². The number of alkyl halides is 1. The van der Waals surface area contributed by atoms with Crippen LogP contribution in [0.4, 0.5) is 27.5 Å². The largest absolute Gasteiger partial charge is 0.381 e. The zero-order valence-corrected chi connectivity index (χ0v) is 21.9. The van der Waals surface area contributed by atoms with Gasteiger partial charge in [-0.15, -0.1) is 0 Å². The van der Waals surface area contributed by atoms with E-state index in [-0.39, 0.29) is 30.6 Å². The molecule has 0 bridgehead atoms. The lowest BCUT2D eigenvalue weighted by Gasteiger charge is -2.23. The first-order chi connectivity index (χ1) is 16.9. The van der Waals surface area contributed by atoms with Crippen molar-refractivity contribution in [3.05, 3.63) is 34.9 Å². The molecule has 1 aliphatic heterocycles. The Bertz CT molecular complexity index is 1010. The number of carbonyl (C=O) groups is 1. The van der Waals surface area contributed by atoms with Gasteiger partial charge in [-0.1, -0.05) is 12.5 Å². The molecule has 35 heavy (non-hydrogen) atoms. The number of nitrogens with zero attached hydrogens (tertiary/aromatic N) is 3. The van der Waals surface area contributed by atoms with Gasteiger partial charge in [0.15, 0.2) is 0 Å². The van der Waals surface area contributed by atoms with Crippen molar-refractivity contribution in [2.45, 2.75) is 57.7 Å². The van der Waals surface area contributed by atoms with Gasteiger partial charge in [0.1, 0.15) is 12.5 Å². The third-order valence-electron chi connectivity index (χ3n) is 6.51. The van der Waals surface area contributed by atoms with E-state index in [0.29, 0.717) is 24.4 Å². The van der Waals surface area contributed by atoms with E-state index in [2.05, 4.69) is 52.1 Å². The summed E-state index contributed by atoms with van der Waals surface area (Å²) in [5.41, 5.74) is 1.87. The molecule has 4 rings (SSSR count). The fourth-order valence-electron chi connectivity index (χ4n) is 4.87. The van der Waals surface area contributed by atoms with Crippen LogP contribution in [0.1, 0.15) is 39.5 Å². The molecule has 1 amide bonds. The van der Waals surface area contributed by atoms with E-state index < -0.39 is 0 Å². The first-order valence-electron chi connectivity index (χ1n) is 12.4. The standard InChI is InChI=1S/C25H35BrFN7O/c1-16(2)29-24(35)20-7-4-8-22(20)32-23-21(26)14-28-25(33-23)31-18-6-3-5-17(13-18)30-19-9-11-34(15-19)12-10-27/h3,5-6,13-14,16,19-20,22,30H,4,7-12,15H2,1-2H3,(H,29,35)(H2,28,31,32,33)/t19?,20-,22+/m0/s1. The molecule has 0 spiro atoms. The molecule has 1 aliphatic carbocycles. The summed E-state index contributed by atoms with van der Waals surface area (Å²) in [4.78, 5) is 23.9. The van der Waals surface area contributed by atoms with Gasteiger partial charge in [0.2, 0.25) is 11.9 Å². The minimum atomic E-state index is -0.303. The highest BCUT2D eigenvalue weighted by Gasteiger charge is 2.33. The number of hydrogen-bond acceptors (Lipinski definition) is 7. The Hall–Kier alpha value is -2.46. The van der Waals surface area contributed by atoms with Crippen LogP contribution in [-0.4, -0.2) is 65.2 Å². The highest BCUT2D eigenvalue weighted by molar-refractivity contribution is 9.10. The summed E-state index contributed by atoms with van der Waals surface area (Å²) in [5, 5.41) is 13.3. The van der Waals surface area contributed by atoms with E-state index in [9.17, 15) is 9.18 Å². The fraction of sp³-hybridized carbons (Fsp3) is 0.560. The minimum absolute atomic E-state index is 0.0312. The lowest BCUT2D eigenvalue weighted by Crippen LogP contribution is -2.41. The summed E-state index contributed by atoms with van der Waals surface area (Å²) in [6, 6.07) is 8.47. The van der Waals surface area contributed by atoms with Crippen LogP contribution in [-0.2, 0) is 4.79 Å². The molecule has 1 saturated carbocycles. The van der Waals surface area contributed by atoms with Crippen LogP contribution in [0.2, 0.25) is 0 Å². The number of anilines is 4. The van der Waals surface area contributed by atoms with Crippen LogP contribution in [0, 0.1) is 5.92 Å². The van der Waals surface area contributed by atoms with Crippen LogP contribution in [0.25, 0.3) is 0 Å². The molecule has 1 unspecified atom stereocenters. The molecule has 3 atom stereocenters. The van der Waals surface area contributed by atoms with Crippen molar-refractivity contribution in [2.24, 2.45) is 5.92 Å². The van der Waals surface area contributed by atoms with Crippen molar-refractivity contribution in [2.75, 3.05) is 42.3 Å². The number of amides is 1. The smallest absolute Gasteiger partial charge is 0.229 e. The Morgan fingerprint density at radius 1 is 1.23 bits per heavy atom. The predicted molar refractivity (Wildman–Crippen MR) is 142 cm³/mol. The predicted octanol–water partition coefficient (Wildman–Crippen LogP) is 4.54. The number of nitrogens with one attached hydrogen (secondary N) is 4. The van der Waals surface area contributed by atoms with E-state index in [0.717, 1.165) is 54.6 Å². The average molecular weight is 549 g/mol. The van der Waals surface area contributed by atoms with Gasteiger partial charge in [-0.2, -0.15) is 4.98 Å². The highest BCUT2D eigenvalue weighted by Crippen LogP contribution is 2.31. The van der Waals surface area contributed by atoms with Crippen molar-refractivity contribution in [3.8, 4) is 0 Å². The van der Waals surface area contributed by atoms with Crippen molar-refractivity contribution in [1.29, 1.82) is 0 Å². The molecule has 1 aromatic heterocycles. The van der Waals surface area contributed by atoms with E-state index >= 15 is 0 Å². The van der Waals surface area contributed by atoms with E-state index in [1.165, 1.54) is 0 Å². The zero-order valence-electron chi connectivity index (χ0n) is 20.4. The van der Waals surface area contributed by atoms with Gasteiger partial charge in [0.25, 0.3) is 0 Å². The SMILES string of the molecule is CC(C)NC(=O)[C@H]1CCC[C@H]1Nc1nc(Nc2cccc(NC3CCN(CCF)C3)c2)ncc1Br. The molecular weight excluding hydrogens is 513 g/mol. The number of rotatable bonds is 10. The van der Waals surface area contributed by atoms with E-state index in [1.807, 2.05) is 38.1 Å². The Morgan fingerprint density at radius 3 is 2.86 bits per heavy atom. The first kappa shape index (κ1) is 25.6. The first-order valence-corrected chi connectivity index (χ1v) is 13.2. The Morgan fingerprint density at radius 2 is 2.06 bits per heavy atom. The van der Waals surface area contributed by atoms with Crippen molar-refractivity contribution in [3.63, 3.8) is 0 Å². The monoisotopic (exact) mass is 547 g/mol. The van der Waals surface area contributed by atoms with Gasteiger partial charge >= 0.3 is 0 Å². The van der Waals surface area contributed by atoms with Gasteiger partial charge in [-0.3, -0.25) is 9.69 Å². The number of likely N-dealkylation sites (tertiary alicyclic amines) is 1. The molecule has 10 heteroatoms. The number of halogens is 2. The summed E-state index contributed by atoms with van der Waals surface area (Å²) in [6.45, 7) is 5.93. The van der Waals surface area contributed by atoms with Gasteiger partial charge in [0.05, 0.1) is 10.4 Å². The number of carbonyl (C=O) groups excluding carboxylic acids is 1. The van der Waals surface area contributed by atoms with Crippen molar-refractivity contribution in [1.82, 2.24) is 20.2 Å². The van der Waals surface area contributed by atoms with Crippen LogP contribution in [0.3, 0.4) is 0 Å². The Labute approximate surface area is 215 Å². The molecule has 2 aliphatic rings. The molecule has 1 aromatic carbocycles. The van der Waals surface area contributed by atoms with Crippen LogP contribution < -0.4 is 21.3 Å². The zero-order chi connectivity index (χ0) is 24.8. The highest BCUT2D eigenvalue weighted by atomic mass is 79.9. The Kier molecular flexibility index (Phi) is 8.78. The Balaban J connectivity index is 1.39. The van der Waals surface area contributed by atoms with Gasteiger partial charge in [-0.25, -0.2) is 9.37 Å². The molecular formula is C25H35BrFN7O. The normalized spacial score (nSPS) is 22.4. The second-order valence-corrected chi connectivity index (χ2v) is 10.5. The van der Waals surface area contributed by atoms with Gasteiger partial charge in [-0.05, 0) is 67.2 Å². The van der Waals surface area contributed by atoms with E-state index in [4.69, 9.17) is 0 Å². The third kappa shape index (κ3) is 7.04. The van der Waals surface area contributed by atoms with Gasteiger partial charge < -0.3 is 21.3 Å². The summed E-state index contributed by atoms with van der Waals surface area (Å²) in [5.74, 6) is 1.17. The second-order valence-electron chi connectivity index (χ2n) is 9.67. The topological polar surface area (TPSA) is 94.2 Å². The maximum atomic E-state index is 12.6. The molecule has 2 fully saturated rings. The summed E-state index contributed by atoms with van der Waals surface area (Å²) < 4.78 is 13.4. The van der Waals surface area contributed by atoms with Crippen LogP contribution in [0.15, 0.2) is 34.9 Å². The summed E-state index contributed by atoms with van der Waals surface area (Å²) in [7, 11) is 0. The molecule has 8 nitrogen and oxygen atoms in total. The van der Waals surface area contributed by atoms with Crippen molar-refractivity contribution < 1.29 is 9.18 Å². The quantitative estimate of drug-likeness (QED) is 0.346. The molecule has 0 radical (unpaired) electrons. The maximum absolute atomic E-state index is 12.6. The maximum Gasteiger partial charge on any atom is 0.229 e. The number of aromatic nitrogens is 2. The average Bonchev–Trinajstić information content (AvgIpc) is 3.46. The summed E-state index contributed by atoms with van der Waals surface area (Å²) in [6.07, 6.45) is 5.52. The van der Waals surface area contributed by atoms with Gasteiger partial charge in [0, 0.05) is 55.3 Å². The lowest BCUT2D eigenvalue weighted by molar-refractivity contribution is -0.125. The number of hydrogen-bond donors (Lipinski definition) is 4. The third-order valence-corrected chi connectivity index (χ3v) is 7.09.